The van der Waals surface area contributed by atoms with Crippen molar-refractivity contribution in [1.29, 1.82) is 0 Å². The van der Waals surface area contributed by atoms with E-state index in [1.165, 1.54) is 18.2 Å². The van der Waals surface area contributed by atoms with Gasteiger partial charge in [-0.25, -0.2) is 8.42 Å². The highest BCUT2D eigenvalue weighted by atomic mass is 32.2. The maximum atomic E-state index is 12.8. The van der Waals surface area contributed by atoms with Crippen molar-refractivity contribution in [2.45, 2.75) is 31.6 Å². The van der Waals surface area contributed by atoms with Crippen molar-refractivity contribution in [1.82, 2.24) is 4.90 Å². The van der Waals surface area contributed by atoms with E-state index in [4.69, 9.17) is 0 Å². The van der Waals surface area contributed by atoms with Crippen LogP contribution in [0.2, 0.25) is 0 Å². The number of likely N-dealkylation sites (tertiary alicyclic amines) is 1. The number of aryl methyl sites for hydroxylation is 1. The van der Waals surface area contributed by atoms with E-state index in [1.54, 1.807) is 30.9 Å². The van der Waals surface area contributed by atoms with E-state index >= 15 is 0 Å². The summed E-state index contributed by atoms with van der Waals surface area (Å²) in [5, 5.41) is 11.1. The van der Waals surface area contributed by atoms with Crippen molar-refractivity contribution in [3.05, 3.63) is 63.2 Å². The third-order valence-corrected chi connectivity index (χ3v) is 6.39. The number of sulfonamides is 1. The molecule has 1 amide bonds. The van der Waals surface area contributed by atoms with Crippen LogP contribution in [0.5, 0.6) is 0 Å². The van der Waals surface area contributed by atoms with Crippen LogP contribution in [0, 0.1) is 24.0 Å². The summed E-state index contributed by atoms with van der Waals surface area (Å²) in [6, 6.07) is 8.57. The highest BCUT2D eigenvalue weighted by Gasteiger charge is 2.23. The zero-order chi connectivity index (χ0) is 20.5. The van der Waals surface area contributed by atoms with Crippen molar-refractivity contribution in [3.63, 3.8) is 0 Å². The lowest BCUT2D eigenvalue weighted by molar-refractivity contribution is -0.385. The van der Waals surface area contributed by atoms with Crippen LogP contribution < -0.4 is 4.72 Å². The normalized spacial score (nSPS) is 14.1. The fraction of sp³-hybridized carbons (Fsp3) is 0.316. The third kappa shape index (κ3) is 3.99. The molecule has 0 spiro atoms. The van der Waals surface area contributed by atoms with Crippen LogP contribution in [0.1, 0.15) is 34.3 Å². The minimum Gasteiger partial charge on any atom is -0.339 e. The molecule has 0 saturated carbocycles. The van der Waals surface area contributed by atoms with Gasteiger partial charge in [-0.3, -0.25) is 19.6 Å². The van der Waals surface area contributed by atoms with Crippen molar-refractivity contribution < 1.29 is 18.1 Å². The first kappa shape index (κ1) is 19.8. The molecule has 2 aromatic rings. The van der Waals surface area contributed by atoms with E-state index in [0.29, 0.717) is 16.7 Å². The Morgan fingerprint density at radius 1 is 1.11 bits per heavy atom. The molecule has 0 aromatic heterocycles. The number of anilines is 1. The summed E-state index contributed by atoms with van der Waals surface area (Å²) in [7, 11) is -4.02. The van der Waals surface area contributed by atoms with Gasteiger partial charge in [-0.15, -0.1) is 0 Å². The topological polar surface area (TPSA) is 110 Å². The summed E-state index contributed by atoms with van der Waals surface area (Å²) in [6.07, 6.45) is 1.98. The molecule has 0 unspecified atom stereocenters. The molecule has 1 fully saturated rings. The summed E-state index contributed by atoms with van der Waals surface area (Å²) >= 11 is 0. The predicted molar refractivity (Wildman–Crippen MR) is 105 cm³/mol. The lowest BCUT2D eigenvalue weighted by Gasteiger charge is -2.16. The van der Waals surface area contributed by atoms with Gasteiger partial charge in [0, 0.05) is 36.5 Å². The number of carbonyl (C=O) groups excluding carboxylic acids is 1. The molecule has 0 atom stereocenters. The van der Waals surface area contributed by atoms with E-state index in [9.17, 15) is 23.3 Å². The molecule has 0 bridgehead atoms. The summed E-state index contributed by atoms with van der Waals surface area (Å²) in [6.45, 7) is 4.70. The highest BCUT2D eigenvalue weighted by molar-refractivity contribution is 7.92. The molecule has 1 saturated heterocycles. The maximum Gasteiger partial charge on any atom is 0.271 e. The molecule has 2 aromatic carbocycles. The van der Waals surface area contributed by atoms with Gasteiger partial charge in [-0.2, -0.15) is 0 Å². The van der Waals surface area contributed by atoms with Gasteiger partial charge in [0.25, 0.3) is 21.6 Å². The van der Waals surface area contributed by atoms with Gasteiger partial charge in [0.05, 0.1) is 9.82 Å². The van der Waals surface area contributed by atoms with Gasteiger partial charge >= 0.3 is 0 Å². The van der Waals surface area contributed by atoms with Crippen molar-refractivity contribution in [2.24, 2.45) is 0 Å². The Kier molecular flexibility index (Phi) is 5.37. The van der Waals surface area contributed by atoms with Crippen LogP contribution in [0.25, 0.3) is 0 Å². The number of benzene rings is 2. The fourth-order valence-electron chi connectivity index (χ4n) is 3.19. The Morgan fingerprint density at radius 3 is 2.29 bits per heavy atom. The number of hydrogen-bond donors (Lipinski definition) is 1. The molecular formula is C19H21N3O5S. The van der Waals surface area contributed by atoms with Crippen molar-refractivity contribution in [2.75, 3.05) is 17.8 Å². The minimum atomic E-state index is -4.02. The monoisotopic (exact) mass is 403 g/mol. The summed E-state index contributed by atoms with van der Waals surface area (Å²) in [5.74, 6) is -0.0722. The van der Waals surface area contributed by atoms with Gasteiger partial charge in [0.1, 0.15) is 0 Å². The van der Waals surface area contributed by atoms with Crippen LogP contribution in [-0.2, 0) is 10.0 Å². The van der Waals surface area contributed by atoms with Crippen molar-refractivity contribution in [3.8, 4) is 0 Å². The average molecular weight is 403 g/mol. The third-order valence-electron chi connectivity index (χ3n) is 4.88. The van der Waals surface area contributed by atoms with Gasteiger partial charge in [-0.1, -0.05) is 0 Å². The molecule has 1 aliphatic heterocycles. The maximum absolute atomic E-state index is 12.8. The number of nitro benzene ring substituents is 1. The van der Waals surface area contributed by atoms with Crippen molar-refractivity contribution >= 4 is 27.3 Å². The Balaban J connectivity index is 1.85. The zero-order valence-corrected chi connectivity index (χ0v) is 16.5. The lowest BCUT2D eigenvalue weighted by Crippen LogP contribution is -2.27. The quantitative estimate of drug-likeness (QED) is 0.609. The lowest BCUT2D eigenvalue weighted by atomic mass is 10.1. The van der Waals surface area contributed by atoms with E-state index in [-0.39, 0.29) is 22.2 Å². The molecule has 28 heavy (non-hydrogen) atoms. The van der Waals surface area contributed by atoms with Crippen LogP contribution in [0.3, 0.4) is 0 Å². The van der Waals surface area contributed by atoms with E-state index in [0.717, 1.165) is 32.0 Å². The number of nitro groups is 1. The molecule has 9 heteroatoms. The zero-order valence-electron chi connectivity index (χ0n) is 15.6. The van der Waals surface area contributed by atoms with Crippen LogP contribution in [0.4, 0.5) is 11.4 Å². The second kappa shape index (κ2) is 7.59. The first-order chi connectivity index (χ1) is 13.2. The standard InChI is InChI=1S/C19H21N3O5S/c1-13-11-17(22(24)25)12-18(14(13)2)28(26,27)20-16-7-5-15(6-8-16)19(23)21-9-3-4-10-21/h5-8,11-12,20H,3-4,9-10H2,1-2H3. The molecule has 1 heterocycles. The molecular weight excluding hydrogens is 382 g/mol. The first-order valence-corrected chi connectivity index (χ1v) is 10.3. The number of hydrogen-bond acceptors (Lipinski definition) is 5. The Bertz CT molecular complexity index is 1030. The largest absolute Gasteiger partial charge is 0.339 e. The Hall–Kier alpha value is -2.94. The van der Waals surface area contributed by atoms with Gasteiger partial charge in [0.15, 0.2) is 0 Å². The highest BCUT2D eigenvalue weighted by Crippen LogP contribution is 2.27. The molecule has 1 N–H and O–H groups in total. The van der Waals surface area contributed by atoms with Gasteiger partial charge in [-0.05, 0) is 62.1 Å². The van der Waals surface area contributed by atoms with Crippen LogP contribution in [0.15, 0.2) is 41.3 Å². The first-order valence-electron chi connectivity index (χ1n) is 8.87. The average Bonchev–Trinajstić information content (AvgIpc) is 3.18. The molecule has 1 aliphatic rings. The molecule has 0 radical (unpaired) electrons. The Labute approximate surface area is 163 Å². The predicted octanol–water partition coefficient (Wildman–Crippen LogP) is 3.25. The van der Waals surface area contributed by atoms with Crippen LogP contribution >= 0.6 is 0 Å². The fourth-order valence-corrected chi connectivity index (χ4v) is 4.58. The van der Waals surface area contributed by atoms with E-state index < -0.39 is 14.9 Å². The van der Waals surface area contributed by atoms with E-state index in [2.05, 4.69) is 4.72 Å². The Morgan fingerprint density at radius 2 is 1.71 bits per heavy atom. The number of nitrogens with zero attached hydrogens (tertiary/aromatic N) is 2. The summed E-state index contributed by atoms with van der Waals surface area (Å²) in [4.78, 5) is 24.4. The van der Waals surface area contributed by atoms with Gasteiger partial charge in [0.2, 0.25) is 0 Å². The van der Waals surface area contributed by atoms with E-state index in [1.807, 2.05) is 0 Å². The number of amides is 1. The van der Waals surface area contributed by atoms with Crippen LogP contribution in [-0.4, -0.2) is 37.2 Å². The molecule has 3 rings (SSSR count). The molecule has 0 aliphatic carbocycles. The summed E-state index contributed by atoms with van der Waals surface area (Å²) in [5.41, 5.74) is 1.45. The number of carbonyl (C=O) groups is 1. The minimum absolute atomic E-state index is 0.0722. The SMILES string of the molecule is Cc1cc([N+](=O)[O-])cc(S(=O)(=O)Nc2ccc(C(=O)N3CCCC3)cc2)c1C. The number of rotatable bonds is 5. The molecule has 8 nitrogen and oxygen atoms in total. The smallest absolute Gasteiger partial charge is 0.271 e. The summed E-state index contributed by atoms with van der Waals surface area (Å²) < 4.78 is 28.0. The second-order valence-electron chi connectivity index (χ2n) is 6.83. The number of nitrogens with one attached hydrogen (secondary N) is 1. The van der Waals surface area contributed by atoms with Gasteiger partial charge < -0.3 is 4.90 Å². The second-order valence-corrected chi connectivity index (χ2v) is 8.48. The number of non-ortho nitro benzene ring substituents is 1. The molecule has 148 valence electrons.